The van der Waals surface area contributed by atoms with Crippen LogP contribution in [-0.4, -0.2) is 34.0 Å². The molecular weight excluding hydrogens is 352 g/mol. The molecule has 0 spiro atoms. The van der Waals surface area contributed by atoms with Crippen molar-refractivity contribution in [3.8, 4) is 28.7 Å². The molecule has 1 N–H and O–H groups in total. The Morgan fingerprint density at radius 2 is 1.82 bits per heavy atom. The SMILES string of the molecule is CC(O)c1nccn1CC#Cc1ccc(-c2ccc(OC3COC3)cc2)cc1. The lowest BCUT2D eigenvalue weighted by atomic mass is 10.0. The second kappa shape index (κ2) is 8.30. The summed E-state index contributed by atoms with van der Waals surface area (Å²) in [6, 6.07) is 16.3. The predicted octanol–water partition coefficient (Wildman–Crippen LogP) is 3.43. The fourth-order valence-electron chi connectivity index (χ4n) is 3.00. The van der Waals surface area contributed by atoms with Gasteiger partial charge >= 0.3 is 0 Å². The third-order valence-electron chi connectivity index (χ3n) is 4.59. The van der Waals surface area contributed by atoms with Crippen LogP contribution in [0.15, 0.2) is 60.9 Å². The van der Waals surface area contributed by atoms with Crippen molar-refractivity contribution in [2.24, 2.45) is 0 Å². The first-order valence-electron chi connectivity index (χ1n) is 9.32. The summed E-state index contributed by atoms with van der Waals surface area (Å²) in [5.74, 6) is 7.79. The lowest BCUT2D eigenvalue weighted by Gasteiger charge is -2.26. The highest BCUT2D eigenvalue weighted by Gasteiger charge is 2.19. The molecule has 0 amide bonds. The van der Waals surface area contributed by atoms with Gasteiger partial charge in [0.25, 0.3) is 0 Å². The van der Waals surface area contributed by atoms with Crippen LogP contribution in [0.5, 0.6) is 5.75 Å². The lowest BCUT2D eigenvalue weighted by Crippen LogP contribution is -2.38. The van der Waals surface area contributed by atoms with E-state index in [9.17, 15) is 5.11 Å². The van der Waals surface area contributed by atoms with Gasteiger partial charge in [-0.1, -0.05) is 36.1 Å². The molecule has 1 aliphatic heterocycles. The van der Waals surface area contributed by atoms with Crippen LogP contribution in [0.25, 0.3) is 11.1 Å². The third-order valence-corrected chi connectivity index (χ3v) is 4.59. The largest absolute Gasteiger partial charge is 0.486 e. The molecule has 5 heteroatoms. The Bertz CT molecular complexity index is 975. The number of nitrogens with zero attached hydrogens (tertiary/aromatic N) is 2. The molecule has 142 valence electrons. The molecule has 1 aliphatic rings. The number of imidazole rings is 1. The molecule has 5 nitrogen and oxygen atoms in total. The Kier molecular flexibility index (Phi) is 5.43. The van der Waals surface area contributed by atoms with Crippen LogP contribution in [0.4, 0.5) is 0 Å². The van der Waals surface area contributed by atoms with Crippen molar-refractivity contribution in [3.05, 3.63) is 72.3 Å². The van der Waals surface area contributed by atoms with Crippen molar-refractivity contribution < 1.29 is 14.6 Å². The summed E-state index contributed by atoms with van der Waals surface area (Å²) in [5, 5.41) is 9.68. The van der Waals surface area contributed by atoms with Crippen molar-refractivity contribution >= 4 is 0 Å². The Balaban J connectivity index is 1.39. The minimum Gasteiger partial charge on any atom is -0.486 e. The zero-order chi connectivity index (χ0) is 19.3. The number of benzene rings is 2. The molecular formula is C23H22N2O3. The summed E-state index contributed by atoms with van der Waals surface area (Å²) in [6.07, 6.45) is 3.08. The molecule has 0 saturated carbocycles. The number of aliphatic hydroxyl groups excluding tert-OH is 1. The molecule has 2 aromatic carbocycles. The van der Waals surface area contributed by atoms with E-state index in [0.29, 0.717) is 25.6 Å². The second-order valence-corrected chi connectivity index (χ2v) is 6.77. The van der Waals surface area contributed by atoms with Gasteiger partial charge in [0, 0.05) is 18.0 Å². The fourth-order valence-corrected chi connectivity index (χ4v) is 3.00. The third kappa shape index (κ3) is 4.25. The van der Waals surface area contributed by atoms with Gasteiger partial charge in [0.1, 0.15) is 23.8 Å². The smallest absolute Gasteiger partial charge is 0.145 e. The number of rotatable bonds is 5. The highest BCUT2D eigenvalue weighted by molar-refractivity contribution is 5.65. The summed E-state index contributed by atoms with van der Waals surface area (Å²) in [5.41, 5.74) is 3.22. The van der Waals surface area contributed by atoms with E-state index in [0.717, 1.165) is 22.4 Å². The topological polar surface area (TPSA) is 56.5 Å². The Hall–Kier alpha value is -3.07. The molecule has 1 saturated heterocycles. The Labute approximate surface area is 164 Å². The zero-order valence-electron chi connectivity index (χ0n) is 15.7. The van der Waals surface area contributed by atoms with Gasteiger partial charge in [-0.3, -0.25) is 0 Å². The first-order valence-corrected chi connectivity index (χ1v) is 9.32. The first kappa shape index (κ1) is 18.3. The number of aromatic nitrogens is 2. The average Bonchev–Trinajstić information content (AvgIpc) is 3.15. The normalized spacial score (nSPS) is 14.6. The number of hydrogen-bond acceptors (Lipinski definition) is 4. The number of hydrogen-bond donors (Lipinski definition) is 1. The highest BCUT2D eigenvalue weighted by Crippen LogP contribution is 2.24. The quantitative estimate of drug-likeness (QED) is 0.695. The maximum atomic E-state index is 9.68. The predicted molar refractivity (Wildman–Crippen MR) is 107 cm³/mol. The van der Waals surface area contributed by atoms with Crippen LogP contribution in [-0.2, 0) is 11.3 Å². The van der Waals surface area contributed by atoms with Crippen LogP contribution < -0.4 is 4.74 Å². The molecule has 1 atom stereocenters. The number of aliphatic hydroxyl groups is 1. The van der Waals surface area contributed by atoms with Gasteiger partial charge in [0.15, 0.2) is 0 Å². The van der Waals surface area contributed by atoms with Crippen molar-refractivity contribution in [1.29, 1.82) is 0 Å². The van der Waals surface area contributed by atoms with Gasteiger partial charge < -0.3 is 19.1 Å². The molecule has 4 rings (SSSR count). The van der Waals surface area contributed by atoms with E-state index in [1.807, 2.05) is 35.0 Å². The number of ether oxygens (including phenoxy) is 2. The van der Waals surface area contributed by atoms with Crippen LogP contribution in [0.2, 0.25) is 0 Å². The van der Waals surface area contributed by atoms with Gasteiger partial charge in [-0.05, 0) is 42.3 Å². The molecule has 1 unspecified atom stereocenters. The standard InChI is InChI=1S/C23H22N2O3/c1-17(26)23-24-12-14-25(23)13-2-3-18-4-6-19(7-5-18)20-8-10-21(11-9-20)28-22-15-27-16-22/h4-12,14,17,22,26H,13,15-16H2,1H3. The van der Waals surface area contributed by atoms with Crippen molar-refractivity contribution in [1.82, 2.24) is 9.55 Å². The van der Waals surface area contributed by atoms with Gasteiger partial charge in [-0.25, -0.2) is 4.98 Å². The monoisotopic (exact) mass is 374 g/mol. The van der Waals surface area contributed by atoms with Crippen molar-refractivity contribution in [2.75, 3.05) is 13.2 Å². The molecule has 0 radical (unpaired) electrons. The molecule has 2 heterocycles. The summed E-state index contributed by atoms with van der Waals surface area (Å²) >= 11 is 0. The van der Waals surface area contributed by atoms with E-state index in [2.05, 4.69) is 41.1 Å². The van der Waals surface area contributed by atoms with Crippen molar-refractivity contribution in [2.45, 2.75) is 25.7 Å². The van der Waals surface area contributed by atoms with E-state index < -0.39 is 6.10 Å². The van der Waals surface area contributed by atoms with Crippen LogP contribution in [0, 0.1) is 11.8 Å². The zero-order valence-corrected chi connectivity index (χ0v) is 15.7. The van der Waals surface area contributed by atoms with E-state index in [1.165, 1.54) is 0 Å². The summed E-state index contributed by atoms with van der Waals surface area (Å²) in [7, 11) is 0. The minimum absolute atomic E-state index is 0.183. The van der Waals surface area contributed by atoms with E-state index in [1.54, 1.807) is 13.1 Å². The molecule has 0 aliphatic carbocycles. The van der Waals surface area contributed by atoms with E-state index >= 15 is 0 Å². The van der Waals surface area contributed by atoms with Crippen molar-refractivity contribution in [3.63, 3.8) is 0 Å². The molecule has 1 aromatic heterocycles. The summed E-state index contributed by atoms with van der Waals surface area (Å²) in [4.78, 5) is 4.15. The maximum absolute atomic E-state index is 9.68. The highest BCUT2D eigenvalue weighted by atomic mass is 16.6. The maximum Gasteiger partial charge on any atom is 0.145 e. The second-order valence-electron chi connectivity index (χ2n) is 6.77. The van der Waals surface area contributed by atoms with Crippen LogP contribution in [0.1, 0.15) is 24.4 Å². The van der Waals surface area contributed by atoms with Gasteiger partial charge in [0.2, 0.25) is 0 Å². The van der Waals surface area contributed by atoms with E-state index in [-0.39, 0.29) is 6.10 Å². The fraction of sp³-hybridized carbons (Fsp3) is 0.261. The van der Waals surface area contributed by atoms with E-state index in [4.69, 9.17) is 9.47 Å². The van der Waals surface area contributed by atoms with Crippen LogP contribution in [0.3, 0.4) is 0 Å². The Morgan fingerprint density at radius 3 is 2.43 bits per heavy atom. The van der Waals surface area contributed by atoms with Gasteiger partial charge in [-0.15, -0.1) is 0 Å². The molecule has 3 aromatic rings. The summed E-state index contributed by atoms with van der Waals surface area (Å²) in [6.45, 7) is 3.54. The van der Waals surface area contributed by atoms with Gasteiger partial charge in [0.05, 0.1) is 19.8 Å². The summed E-state index contributed by atoms with van der Waals surface area (Å²) < 4.78 is 12.8. The molecule has 28 heavy (non-hydrogen) atoms. The molecule has 1 fully saturated rings. The Morgan fingerprint density at radius 1 is 1.14 bits per heavy atom. The lowest BCUT2D eigenvalue weighted by molar-refractivity contribution is -0.0796. The minimum atomic E-state index is -0.602. The molecule has 0 bridgehead atoms. The average molecular weight is 374 g/mol. The van der Waals surface area contributed by atoms with Gasteiger partial charge in [-0.2, -0.15) is 0 Å². The van der Waals surface area contributed by atoms with Crippen LogP contribution >= 0.6 is 0 Å². The first-order chi connectivity index (χ1) is 13.7.